The summed E-state index contributed by atoms with van der Waals surface area (Å²) in [4.78, 5) is 15.7. The number of carbonyl (C=O) groups excluding carboxylic acids is 1. The van der Waals surface area contributed by atoms with E-state index in [0.717, 1.165) is 6.54 Å². The first-order chi connectivity index (χ1) is 9.65. The Hall–Kier alpha value is -1.49. The van der Waals surface area contributed by atoms with Gasteiger partial charge in [-0.3, -0.25) is 10.3 Å². The van der Waals surface area contributed by atoms with Gasteiger partial charge in [0, 0.05) is 13.8 Å². The Morgan fingerprint density at radius 3 is 2.40 bits per heavy atom. The molecule has 0 radical (unpaired) electrons. The zero-order chi connectivity index (χ0) is 16.0. The van der Waals surface area contributed by atoms with Gasteiger partial charge in [-0.05, 0) is 12.2 Å². The zero-order valence-electron chi connectivity index (χ0n) is 13.2. The molecule has 0 aliphatic carbocycles. The summed E-state index contributed by atoms with van der Waals surface area (Å²) >= 11 is 1.55. The lowest BCUT2D eigenvalue weighted by Gasteiger charge is -2.07. The highest BCUT2D eigenvalue weighted by Crippen LogP contribution is 2.18. The third-order valence-corrected chi connectivity index (χ3v) is 2.81. The Bertz CT molecular complexity index is 372. The molecule has 1 unspecified atom stereocenters. The molecule has 0 saturated heterocycles. The van der Waals surface area contributed by atoms with Crippen LogP contribution in [0.25, 0.3) is 0 Å². The van der Waals surface area contributed by atoms with Crippen LogP contribution in [-0.4, -0.2) is 23.0 Å². The number of hydrogen-bond acceptors (Lipinski definition) is 3. The number of rotatable bonds is 3. The summed E-state index contributed by atoms with van der Waals surface area (Å²) < 4.78 is 0. The van der Waals surface area contributed by atoms with Crippen molar-refractivity contribution >= 4 is 23.0 Å². The van der Waals surface area contributed by atoms with E-state index in [-0.39, 0.29) is 8.88 Å². The van der Waals surface area contributed by atoms with Gasteiger partial charge in [0.1, 0.15) is 0 Å². The lowest BCUT2D eigenvalue weighted by atomic mass is 10.4. The smallest absolute Gasteiger partial charge is 0.308 e. The number of urea groups is 1. The first kappa shape index (κ1) is 20.8. The van der Waals surface area contributed by atoms with Crippen LogP contribution in [0.5, 0.6) is 0 Å². The first-order valence-electron chi connectivity index (χ1n) is 6.90. The molecule has 0 aromatic carbocycles. The summed E-state index contributed by atoms with van der Waals surface area (Å²) in [5.41, 5.74) is 0.601. The van der Waals surface area contributed by atoms with Crippen LogP contribution in [-0.2, 0) is 0 Å². The van der Waals surface area contributed by atoms with E-state index in [1.807, 2.05) is 27.7 Å². The molecule has 0 bridgehead atoms. The number of nitrogens with one attached hydrogen (secondary N) is 2. The Kier molecular flexibility index (Phi) is 14.5. The molecule has 0 fully saturated rings. The van der Waals surface area contributed by atoms with Crippen molar-refractivity contribution in [3.8, 4) is 0 Å². The van der Waals surface area contributed by atoms with Crippen molar-refractivity contribution < 1.29 is 7.65 Å². The molecule has 0 aromatic rings. The van der Waals surface area contributed by atoms with Crippen LogP contribution in [0, 0.1) is 0 Å². The summed E-state index contributed by atoms with van der Waals surface area (Å²) in [6.45, 7) is 17.9. The maximum Gasteiger partial charge on any atom is 0.325 e. The maximum absolute atomic E-state index is 11.5. The van der Waals surface area contributed by atoms with Gasteiger partial charge in [0.25, 0.3) is 0 Å². The Balaban J connectivity index is -0.000000249. The SMILES string of the molecule is C=C/C=C(\C=C)NC(=O)NC1=NCC(C)S1.CC.CC.[HH].[HH]. The number of nitrogens with zero attached hydrogens (tertiary/aromatic N) is 1. The van der Waals surface area contributed by atoms with Crippen LogP contribution in [0.2, 0.25) is 0 Å². The van der Waals surface area contributed by atoms with E-state index in [1.54, 1.807) is 30.0 Å². The zero-order valence-corrected chi connectivity index (χ0v) is 14.0. The molecular formula is C15H31N3OS. The second-order valence-corrected chi connectivity index (χ2v) is 4.64. The molecule has 1 atom stereocenters. The molecule has 4 nitrogen and oxygen atoms in total. The normalized spacial score (nSPS) is 16.6. The predicted octanol–water partition coefficient (Wildman–Crippen LogP) is 4.58. The third kappa shape index (κ3) is 9.44. The fraction of sp³-hybridized carbons (Fsp3) is 0.467. The molecule has 0 spiro atoms. The number of thioether (sulfide) groups is 1. The second-order valence-electron chi connectivity index (χ2n) is 3.22. The summed E-state index contributed by atoms with van der Waals surface area (Å²) in [5.74, 6) is 0. The summed E-state index contributed by atoms with van der Waals surface area (Å²) in [7, 11) is 0. The van der Waals surface area contributed by atoms with Gasteiger partial charge in [-0.15, -0.1) is 0 Å². The average Bonchev–Trinajstić information content (AvgIpc) is 2.88. The van der Waals surface area contributed by atoms with Gasteiger partial charge in [-0.1, -0.05) is 65.6 Å². The minimum atomic E-state index is -0.312. The fourth-order valence-electron chi connectivity index (χ4n) is 1.09. The second kappa shape index (κ2) is 13.9. The van der Waals surface area contributed by atoms with Crippen molar-refractivity contribution in [2.75, 3.05) is 6.54 Å². The summed E-state index contributed by atoms with van der Waals surface area (Å²) in [6.07, 6.45) is 4.80. The quantitative estimate of drug-likeness (QED) is 0.750. The van der Waals surface area contributed by atoms with Crippen LogP contribution in [0.4, 0.5) is 4.79 Å². The number of allylic oxidation sites excluding steroid dienone is 3. The van der Waals surface area contributed by atoms with Crippen LogP contribution < -0.4 is 10.6 Å². The van der Waals surface area contributed by atoms with Crippen molar-refractivity contribution in [1.29, 1.82) is 0 Å². The molecule has 0 aromatic heterocycles. The number of carbonyl (C=O) groups is 1. The van der Waals surface area contributed by atoms with Crippen LogP contribution >= 0.6 is 11.8 Å². The van der Waals surface area contributed by atoms with E-state index in [2.05, 4.69) is 35.7 Å². The topological polar surface area (TPSA) is 53.5 Å². The molecule has 2 amide bonds. The minimum absolute atomic E-state index is 0. The molecule has 1 aliphatic rings. The minimum Gasteiger partial charge on any atom is -0.308 e. The summed E-state index contributed by atoms with van der Waals surface area (Å²) in [5, 5.41) is 6.40. The van der Waals surface area contributed by atoms with Gasteiger partial charge in [0.15, 0.2) is 5.17 Å². The highest BCUT2D eigenvalue weighted by molar-refractivity contribution is 8.14. The third-order valence-electron chi connectivity index (χ3n) is 1.80. The fourth-order valence-corrected chi connectivity index (χ4v) is 1.92. The molecule has 118 valence electrons. The van der Waals surface area contributed by atoms with Gasteiger partial charge >= 0.3 is 6.03 Å². The number of hydrogen-bond donors (Lipinski definition) is 2. The van der Waals surface area contributed by atoms with Crippen molar-refractivity contribution in [3.05, 3.63) is 37.1 Å². The molecule has 5 heteroatoms. The lowest BCUT2D eigenvalue weighted by molar-refractivity contribution is 0.248. The monoisotopic (exact) mass is 301 g/mol. The summed E-state index contributed by atoms with van der Waals surface area (Å²) in [6, 6.07) is -0.312. The maximum atomic E-state index is 11.5. The van der Waals surface area contributed by atoms with Gasteiger partial charge < -0.3 is 5.32 Å². The largest absolute Gasteiger partial charge is 0.325 e. The van der Waals surface area contributed by atoms with Crippen molar-refractivity contribution in [3.63, 3.8) is 0 Å². The Labute approximate surface area is 130 Å². The average molecular weight is 301 g/mol. The standard InChI is InChI=1S/C11H15N3OS.2C2H6.2H2/c1-4-6-9(5-2)13-10(15)14-11-12-7-8(3)16-11;2*1-2;;/h4-6,8H,1-2,7H2,3H3,(H2,12,13,14,15);2*1-2H3;2*1H/b9-6+;;;;. The Morgan fingerprint density at radius 1 is 1.40 bits per heavy atom. The molecule has 1 heterocycles. The Morgan fingerprint density at radius 2 is 2.00 bits per heavy atom. The van der Waals surface area contributed by atoms with Crippen LogP contribution in [0.3, 0.4) is 0 Å². The van der Waals surface area contributed by atoms with E-state index < -0.39 is 0 Å². The predicted molar refractivity (Wildman–Crippen MR) is 96.4 cm³/mol. The van der Waals surface area contributed by atoms with E-state index in [4.69, 9.17) is 0 Å². The number of amidine groups is 1. The molecular weight excluding hydrogens is 270 g/mol. The van der Waals surface area contributed by atoms with E-state index in [1.165, 1.54) is 0 Å². The number of amides is 2. The molecule has 1 rings (SSSR count). The molecule has 1 aliphatic heterocycles. The van der Waals surface area contributed by atoms with E-state index >= 15 is 0 Å². The highest BCUT2D eigenvalue weighted by atomic mass is 32.2. The molecule has 20 heavy (non-hydrogen) atoms. The van der Waals surface area contributed by atoms with Crippen molar-refractivity contribution in [2.45, 2.75) is 39.9 Å². The van der Waals surface area contributed by atoms with Gasteiger partial charge in [-0.2, -0.15) is 0 Å². The highest BCUT2D eigenvalue weighted by Gasteiger charge is 2.16. The van der Waals surface area contributed by atoms with Crippen LogP contribution in [0.15, 0.2) is 42.1 Å². The van der Waals surface area contributed by atoms with Crippen LogP contribution in [0.1, 0.15) is 37.5 Å². The first-order valence-corrected chi connectivity index (χ1v) is 7.78. The molecule has 0 saturated carbocycles. The molecule has 2 N–H and O–H groups in total. The van der Waals surface area contributed by atoms with E-state index in [9.17, 15) is 4.79 Å². The number of aliphatic imine (C=N–C) groups is 1. The van der Waals surface area contributed by atoms with Gasteiger partial charge in [-0.25, -0.2) is 4.79 Å². The van der Waals surface area contributed by atoms with Crippen molar-refractivity contribution in [1.82, 2.24) is 10.6 Å². The van der Waals surface area contributed by atoms with E-state index in [0.29, 0.717) is 16.1 Å². The van der Waals surface area contributed by atoms with Gasteiger partial charge in [0.2, 0.25) is 0 Å². The van der Waals surface area contributed by atoms with Gasteiger partial charge in [0.05, 0.1) is 6.54 Å². The lowest BCUT2D eigenvalue weighted by Crippen LogP contribution is -2.37. The van der Waals surface area contributed by atoms with Crippen molar-refractivity contribution in [2.24, 2.45) is 4.99 Å².